The van der Waals surface area contributed by atoms with E-state index >= 15 is 0 Å². The predicted octanol–water partition coefficient (Wildman–Crippen LogP) is 3.32. The summed E-state index contributed by atoms with van der Waals surface area (Å²) < 4.78 is 12.0. The van der Waals surface area contributed by atoms with Crippen LogP contribution in [0.4, 0.5) is 0 Å². The SMILES string of the molecule is CO[C@H]1CC[C@H](CCN[C@H]2CCCC[C@@H]2Oc2ccc3c(c2)CN(C2CCC(=O)NC2=O)C3=O)CC1. The number of nitrogens with zero attached hydrogens (tertiary/aromatic N) is 1. The van der Waals surface area contributed by atoms with Gasteiger partial charge in [0.2, 0.25) is 11.8 Å². The molecule has 1 unspecified atom stereocenters. The smallest absolute Gasteiger partial charge is 0.255 e. The molecule has 8 heteroatoms. The number of benzene rings is 1. The second-order valence-corrected chi connectivity index (χ2v) is 10.9. The van der Waals surface area contributed by atoms with Gasteiger partial charge in [-0.25, -0.2) is 0 Å². The van der Waals surface area contributed by atoms with E-state index in [-0.39, 0.29) is 30.2 Å². The second kappa shape index (κ2) is 11.3. The third-order valence-electron chi connectivity index (χ3n) is 8.57. The Labute approximate surface area is 213 Å². The number of piperidine rings is 1. The van der Waals surface area contributed by atoms with Crippen LogP contribution in [0.15, 0.2) is 18.2 Å². The van der Waals surface area contributed by atoms with E-state index in [1.165, 1.54) is 38.5 Å². The number of ether oxygens (including phenoxy) is 2. The number of rotatable bonds is 8. The molecule has 3 atom stereocenters. The number of imide groups is 1. The van der Waals surface area contributed by atoms with Gasteiger partial charge >= 0.3 is 0 Å². The quantitative estimate of drug-likeness (QED) is 0.535. The molecule has 8 nitrogen and oxygen atoms in total. The lowest BCUT2D eigenvalue weighted by Gasteiger charge is -2.34. The van der Waals surface area contributed by atoms with Crippen LogP contribution in [0.1, 0.15) is 86.6 Å². The van der Waals surface area contributed by atoms with Gasteiger partial charge in [0.1, 0.15) is 17.9 Å². The maximum Gasteiger partial charge on any atom is 0.255 e. The fraction of sp³-hybridized carbons (Fsp3) is 0.679. The zero-order valence-corrected chi connectivity index (χ0v) is 21.3. The molecule has 0 aromatic heterocycles. The molecule has 0 radical (unpaired) electrons. The van der Waals surface area contributed by atoms with E-state index in [0.29, 0.717) is 30.7 Å². The lowest BCUT2D eigenvalue weighted by molar-refractivity contribution is -0.136. The molecule has 3 fully saturated rings. The van der Waals surface area contributed by atoms with Crippen molar-refractivity contribution in [1.29, 1.82) is 0 Å². The molecule has 196 valence electrons. The fourth-order valence-electron chi connectivity index (χ4n) is 6.40. The Morgan fingerprint density at radius 3 is 2.61 bits per heavy atom. The normalized spacial score (nSPS) is 30.8. The van der Waals surface area contributed by atoms with Crippen molar-refractivity contribution in [3.63, 3.8) is 0 Å². The molecule has 4 aliphatic rings. The van der Waals surface area contributed by atoms with Crippen molar-refractivity contribution in [1.82, 2.24) is 15.5 Å². The summed E-state index contributed by atoms with van der Waals surface area (Å²) in [7, 11) is 1.82. The highest BCUT2D eigenvalue weighted by atomic mass is 16.5. The van der Waals surface area contributed by atoms with Gasteiger partial charge < -0.3 is 19.7 Å². The molecule has 2 aliphatic heterocycles. The van der Waals surface area contributed by atoms with Crippen LogP contribution in [0.3, 0.4) is 0 Å². The first kappa shape index (κ1) is 25.2. The molecule has 0 bridgehead atoms. The van der Waals surface area contributed by atoms with E-state index in [1.54, 1.807) is 4.90 Å². The van der Waals surface area contributed by atoms with Gasteiger partial charge in [-0.3, -0.25) is 19.7 Å². The Kier molecular flexibility index (Phi) is 7.91. The molecule has 2 aliphatic carbocycles. The van der Waals surface area contributed by atoms with Gasteiger partial charge in [0.25, 0.3) is 5.91 Å². The molecular weight excluding hydrogens is 458 g/mol. The minimum Gasteiger partial charge on any atom is -0.489 e. The number of methoxy groups -OCH3 is 1. The van der Waals surface area contributed by atoms with E-state index in [4.69, 9.17) is 9.47 Å². The lowest BCUT2D eigenvalue weighted by Crippen LogP contribution is -2.52. The van der Waals surface area contributed by atoms with Crippen molar-refractivity contribution in [3.05, 3.63) is 29.3 Å². The first-order valence-electron chi connectivity index (χ1n) is 13.7. The lowest BCUT2D eigenvalue weighted by atomic mass is 9.85. The summed E-state index contributed by atoms with van der Waals surface area (Å²) in [4.78, 5) is 38.4. The Morgan fingerprint density at radius 2 is 1.83 bits per heavy atom. The topological polar surface area (TPSA) is 97.0 Å². The highest BCUT2D eigenvalue weighted by Crippen LogP contribution is 2.32. The summed E-state index contributed by atoms with van der Waals surface area (Å²) in [5.41, 5.74) is 1.50. The Bertz CT molecular complexity index is 974. The number of carbonyl (C=O) groups is 3. The summed E-state index contributed by atoms with van der Waals surface area (Å²) in [6, 6.07) is 5.40. The van der Waals surface area contributed by atoms with Gasteiger partial charge in [0.05, 0.1) is 6.10 Å². The molecule has 2 saturated carbocycles. The number of nitrogens with one attached hydrogen (secondary N) is 2. The third-order valence-corrected chi connectivity index (χ3v) is 8.57. The fourth-order valence-corrected chi connectivity index (χ4v) is 6.40. The average Bonchev–Trinajstić information content (AvgIpc) is 3.21. The largest absolute Gasteiger partial charge is 0.489 e. The molecule has 1 aromatic carbocycles. The van der Waals surface area contributed by atoms with E-state index in [0.717, 1.165) is 43.0 Å². The van der Waals surface area contributed by atoms with E-state index in [1.807, 2.05) is 25.3 Å². The van der Waals surface area contributed by atoms with Crippen molar-refractivity contribution in [2.45, 2.75) is 101 Å². The number of fused-ring (bicyclic) bond motifs is 1. The first-order valence-corrected chi connectivity index (χ1v) is 13.7. The highest BCUT2D eigenvalue weighted by molar-refractivity contribution is 6.05. The summed E-state index contributed by atoms with van der Waals surface area (Å²) >= 11 is 0. The van der Waals surface area contributed by atoms with Crippen molar-refractivity contribution < 1.29 is 23.9 Å². The molecule has 0 spiro atoms. The van der Waals surface area contributed by atoms with Crippen molar-refractivity contribution in [3.8, 4) is 5.75 Å². The van der Waals surface area contributed by atoms with E-state index < -0.39 is 6.04 Å². The molecular formula is C28H39N3O5. The zero-order chi connectivity index (χ0) is 25.1. The summed E-state index contributed by atoms with van der Waals surface area (Å²) in [5, 5.41) is 6.15. The standard InChI is InChI=1S/C28H39N3O5/c1-35-20-8-6-18(7-9-20)14-15-29-23-4-2-3-5-25(23)36-21-10-11-22-19(16-21)17-31(28(22)34)24-12-13-26(32)30-27(24)33/h10-11,16,18,20,23-25,29H,2-9,12-15,17H2,1H3,(H,30,32,33)/t18-,20-,23-,24?,25-/m0/s1. The molecule has 36 heavy (non-hydrogen) atoms. The average molecular weight is 498 g/mol. The molecule has 1 aromatic rings. The first-order chi connectivity index (χ1) is 17.5. The predicted molar refractivity (Wildman–Crippen MR) is 135 cm³/mol. The van der Waals surface area contributed by atoms with Gasteiger partial charge in [0.15, 0.2) is 0 Å². The van der Waals surface area contributed by atoms with Crippen LogP contribution >= 0.6 is 0 Å². The van der Waals surface area contributed by atoms with Gasteiger partial charge in [-0.15, -0.1) is 0 Å². The maximum absolute atomic E-state index is 13.0. The highest BCUT2D eigenvalue weighted by Gasteiger charge is 2.39. The van der Waals surface area contributed by atoms with Crippen molar-refractivity contribution >= 4 is 17.7 Å². The van der Waals surface area contributed by atoms with Crippen LogP contribution in [0.2, 0.25) is 0 Å². The van der Waals surface area contributed by atoms with Gasteiger partial charge in [-0.2, -0.15) is 0 Å². The van der Waals surface area contributed by atoms with Crippen molar-refractivity contribution in [2.75, 3.05) is 13.7 Å². The summed E-state index contributed by atoms with van der Waals surface area (Å²) in [6.45, 7) is 1.39. The minimum absolute atomic E-state index is 0.115. The molecule has 3 amide bonds. The van der Waals surface area contributed by atoms with Crippen LogP contribution in [0.5, 0.6) is 5.75 Å². The summed E-state index contributed by atoms with van der Waals surface area (Å²) in [5.74, 6) is 0.761. The molecule has 1 saturated heterocycles. The summed E-state index contributed by atoms with van der Waals surface area (Å²) in [6.07, 6.45) is 11.8. The van der Waals surface area contributed by atoms with Crippen LogP contribution in [-0.2, 0) is 20.9 Å². The second-order valence-electron chi connectivity index (χ2n) is 10.9. The number of amides is 3. The molecule has 2 N–H and O–H groups in total. The third kappa shape index (κ3) is 5.59. The minimum atomic E-state index is -0.594. The van der Waals surface area contributed by atoms with Gasteiger partial charge in [-0.1, -0.05) is 6.42 Å². The van der Waals surface area contributed by atoms with Gasteiger partial charge in [0, 0.05) is 31.7 Å². The monoisotopic (exact) mass is 497 g/mol. The number of carbonyl (C=O) groups excluding carboxylic acids is 3. The van der Waals surface area contributed by atoms with Crippen LogP contribution in [0, 0.1) is 5.92 Å². The Balaban J connectivity index is 1.16. The number of hydrogen-bond acceptors (Lipinski definition) is 6. The molecule has 5 rings (SSSR count). The zero-order valence-electron chi connectivity index (χ0n) is 21.3. The van der Waals surface area contributed by atoms with Crippen LogP contribution in [0.25, 0.3) is 0 Å². The maximum atomic E-state index is 13.0. The van der Waals surface area contributed by atoms with E-state index in [9.17, 15) is 14.4 Å². The Morgan fingerprint density at radius 1 is 1.03 bits per heavy atom. The number of hydrogen-bond donors (Lipinski definition) is 2. The van der Waals surface area contributed by atoms with Gasteiger partial charge in [-0.05, 0) is 94.0 Å². The van der Waals surface area contributed by atoms with Crippen molar-refractivity contribution in [2.24, 2.45) is 5.92 Å². The molecule has 2 heterocycles. The Hall–Kier alpha value is -2.45. The van der Waals surface area contributed by atoms with Crippen LogP contribution < -0.4 is 15.4 Å². The van der Waals surface area contributed by atoms with E-state index in [2.05, 4.69) is 10.6 Å². The van der Waals surface area contributed by atoms with Crippen LogP contribution in [-0.4, -0.2) is 60.6 Å².